The minimum atomic E-state index is 0.381. The highest BCUT2D eigenvalue weighted by Crippen LogP contribution is 2.31. The first-order chi connectivity index (χ1) is 8.09. The smallest absolute Gasteiger partial charge is 0.156 e. The van der Waals surface area contributed by atoms with E-state index in [2.05, 4.69) is 42.8 Å². The number of thioether (sulfide) groups is 2. The third-order valence-electron chi connectivity index (χ3n) is 3.36. The van der Waals surface area contributed by atoms with Gasteiger partial charge in [-0.1, -0.05) is 32.5 Å². The molecule has 2 aliphatic rings. The van der Waals surface area contributed by atoms with Gasteiger partial charge in [-0.05, 0) is 30.4 Å². The molecule has 4 heteroatoms. The standard InChI is InChI=1S/C13H24N2S2/c1-4-16-11-6-5-10(7-11)15-12-14-8-13(2,3)9-17-12/h10-11H,4-9H2,1-3H3,(H,14,15). The van der Waals surface area contributed by atoms with Crippen LogP contribution in [0.1, 0.15) is 40.0 Å². The van der Waals surface area contributed by atoms with Gasteiger partial charge in [-0.2, -0.15) is 11.8 Å². The molecule has 0 amide bonds. The van der Waals surface area contributed by atoms with E-state index in [-0.39, 0.29) is 0 Å². The van der Waals surface area contributed by atoms with Gasteiger partial charge in [-0.15, -0.1) is 0 Å². The van der Waals surface area contributed by atoms with E-state index in [1.165, 1.54) is 35.9 Å². The summed E-state index contributed by atoms with van der Waals surface area (Å²) in [5.41, 5.74) is 0.381. The molecule has 0 radical (unpaired) electrons. The summed E-state index contributed by atoms with van der Waals surface area (Å²) in [6.45, 7) is 7.82. The van der Waals surface area contributed by atoms with Crippen molar-refractivity contribution in [3.8, 4) is 0 Å². The second-order valence-corrected chi connectivity index (χ2v) is 8.35. The molecule has 1 N–H and O–H groups in total. The molecule has 98 valence electrons. The van der Waals surface area contributed by atoms with Crippen molar-refractivity contribution < 1.29 is 0 Å². The van der Waals surface area contributed by atoms with Crippen LogP contribution in [0.15, 0.2) is 4.99 Å². The van der Waals surface area contributed by atoms with E-state index >= 15 is 0 Å². The van der Waals surface area contributed by atoms with Crippen molar-refractivity contribution >= 4 is 28.7 Å². The van der Waals surface area contributed by atoms with Gasteiger partial charge in [0.2, 0.25) is 0 Å². The summed E-state index contributed by atoms with van der Waals surface area (Å²) in [7, 11) is 0. The molecule has 0 aromatic rings. The van der Waals surface area contributed by atoms with Crippen molar-refractivity contribution in [3.05, 3.63) is 0 Å². The van der Waals surface area contributed by atoms with Gasteiger partial charge in [0.15, 0.2) is 5.17 Å². The van der Waals surface area contributed by atoms with Crippen molar-refractivity contribution in [1.82, 2.24) is 5.32 Å². The van der Waals surface area contributed by atoms with Gasteiger partial charge in [0.25, 0.3) is 0 Å². The lowest BCUT2D eigenvalue weighted by molar-refractivity contribution is 0.436. The molecule has 1 heterocycles. The molecule has 0 spiro atoms. The number of hydrogen-bond acceptors (Lipinski definition) is 4. The third kappa shape index (κ3) is 4.09. The molecule has 17 heavy (non-hydrogen) atoms. The van der Waals surface area contributed by atoms with E-state index in [0.29, 0.717) is 11.5 Å². The number of nitrogens with one attached hydrogen (secondary N) is 1. The van der Waals surface area contributed by atoms with E-state index in [0.717, 1.165) is 11.8 Å². The van der Waals surface area contributed by atoms with Crippen molar-refractivity contribution in [1.29, 1.82) is 0 Å². The fourth-order valence-corrected chi connectivity index (χ4v) is 4.53. The van der Waals surface area contributed by atoms with Gasteiger partial charge in [-0.25, -0.2) is 0 Å². The van der Waals surface area contributed by atoms with E-state index in [1.807, 2.05) is 11.8 Å². The summed E-state index contributed by atoms with van der Waals surface area (Å²) in [5.74, 6) is 2.44. The lowest BCUT2D eigenvalue weighted by atomic mass is 9.97. The summed E-state index contributed by atoms with van der Waals surface area (Å²) < 4.78 is 0. The minimum absolute atomic E-state index is 0.381. The maximum absolute atomic E-state index is 4.68. The Kier molecular flexibility index (Phi) is 4.70. The predicted octanol–water partition coefficient (Wildman–Crippen LogP) is 3.38. The molecule has 2 nitrogen and oxygen atoms in total. The zero-order valence-electron chi connectivity index (χ0n) is 11.2. The van der Waals surface area contributed by atoms with Crippen LogP contribution < -0.4 is 5.32 Å². The second kappa shape index (κ2) is 5.87. The van der Waals surface area contributed by atoms with Crippen LogP contribution in [0.4, 0.5) is 0 Å². The summed E-state index contributed by atoms with van der Waals surface area (Å²) in [6.07, 6.45) is 4.02. The van der Waals surface area contributed by atoms with Crippen molar-refractivity contribution in [2.75, 3.05) is 18.1 Å². The van der Waals surface area contributed by atoms with Crippen LogP contribution in [0.3, 0.4) is 0 Å². The topological polar surface area (TPSA) is 24.4 Å². The van der Waals surface area contributed by atoms with E-state index in [1.54, 1.807) is 0 Å². The van der Waals surface area contributed by atoms with E-state index < -0.39 is 0 Å². The van der Waals surface area contributed by atoms with Gasteiger partial charge >= 0.3 is 0 Å². The van der Waals surface area contributed by atoms with E-state index in [9.17, 15) is 0 Å². The van der Waals surface area contributed by atoms with Gasteiger partial charge in [0, 0.05) is 23.6 Å². The number of nitrogens with zero attached hydrogens (tertiary/aromatic N) is 1. The van der Waals surface area contributed by atoms with Crippen LogP contribution in [0.2, 0.25) is 0 Å². The third-order valence-corrected chi connectivity index (χ3v) is 6.04. The van der Waals surface area contributed by atoms with Crippen LogP contribution in [0.5, 0.6) is 0 Å². The Morgan fingerprint density at radius 3 is 2.94 bits per heavy atom. The van der Waals surface area contributed by atoms with Crippen LogP contribution in [-0.4, -0.2) is 34.5 Å². The van der Waals surface area contributed by atoms with Gasteiger partial charge in [0.05, 0.1) is 0 Å². The zero-order chi connectivity index (χ0) is 12.3. The van der Waals surface area contributed by atoms with Crippen molar-refractivity contribution in [2.45, 2.75) is 51.3 Å². The lowest BCUT2D eigenvalue weighted by Crippen LogP contribution is -2.36. The Morgan fingerprint density at radius 1 is 1.47 bits per heavy atom. The molecule has 1 aliphatic carbocycles. The number of amidine groups is 1. The maximum atomic E-state index is 4.68. The molecule has 2 unspecified atom stereocenters. The highest BCUT2D eigenvalue weighted by Gasteiger charge is 2.28. The molecule has 1 saturated carbocycles. The Hall–Kier alpha value is 0.170. The summed E-state index contributed by atoms with van der Waals surface area (Å²) >= 11 is 4.02. The fourth-order valence-electron chi connectivity index (χ4n) is 2.36. The van der Waals surface area contributed by atoms with Crippen molar-refractivity contribution in [2.24, 2.45) is 10.4 Å². The molecular weight excluding hydrogens is 248 g/mol. The molecule has 0 aromatic heterocycles. The normalized spacial score (nSPS) is 32.3. The Bertz CT molecular complexity index is 289. The SMILES string of the molecule is CCSC1CCC(NC2=NCC(C)(C)CS2)C1. The number of aliphatic imine (C=N–C) groups is 1. The Morgan fingerprint density at radius 2 is 2.29 bits per heavy atom. The van der Waals surface area contributed by atoms with Crippen LogP contribution in [0, 0.1) is 5.41 Å². The lowest BCUT2D eigenvalue weighted by Gasteiger charge is -2.28. The monoisotopic (exact) mass is 272 g/mol. The molecule has 0 saturated heterocycles. The maximum Gasteiger partial charge on any atom is 0.156 e. The zero-order valence-corrected chi connectivity index (χ0v) is 12.8. The molecule has 0 bridgehead atoms. The van der Waals surface area contributed by atoms with Gasteiger partial charge in [-0.3, -0.25) is 4.99 Å². The van der Waals surface area contributed by atoms with Crippen LogP contribution in [-0.2, 0) is 0 Å². The highest BCUT2D eigenvalue weighted by atomic mass is 32.2. The summed E-state index contributed by atoms with van der Waals surface area (Å²) in [4.78, 5) is 4.68. The average molecular weight is 272 g/mol. The molecule has 0 aromatic carbocycles. The predicted molar refractivity (Wildman–Crippen MR) is 81.2 cm³/mol. The molecule has 1 aliphatic heterocycles. The Balaban J connectivity index is 1.77. The van der Waals surface area contributed by atoms with Crippen LogP contribution >= 0.6 is 23.5 Å². The molecule has 2 atom stereocenters. The van der Waals surface area contributed by atoms with Crippen LogP contribution in [0.25, 0.3) is 0 Å². The van der Waals surface area contributed by atoms with E-state index in [4.69, 9.17) is 0 Å². The summed E-state index contributed by atoms with van der Waals surface area (Å²) in [6, 6.07) is 0.673. The molecule has 2 rings (SSSR count). The largest absolute Gasteiger partial charge is 0.362 e. The number of hydrogen-bond donors (Lipinski definition) is 1. The molecular formula is C13H24N2S2. The molecule has 1 fully saturated rings. The number of rotatable bonds is 3. The quantitative estimate of drug-likeness (QED) is 0.852. The average Bonchev–Trinajstić information content (AvgIpc) is 2.70. The first-order valence-electron chi connectivity index (χ1n) is 6.64. The van der Waals surface area contributed by atoms with Gasteiger partial charge in [0.1, 0.15) is 0 Å². The first-order valence-corrected chi connectivity index (χ1v) is 8.68. The summed E-state index contributed by atoms with van der Waals surface area (Å²) in [5, 5.41) is 5.71. The minimum Gasteiger partial charge on any atom is -0.362 e. The second-order valence-electron chi connectivity index (χ2n) is 5.81. The van der Waals surface area contributed by atoms with Crippen molar-refractivity contribution in [3.63, 3.8) is 0 Å². The first kappa shape index (κ1) is 13.6. The fraction of sp³-hybridized carbons (Fsp3) is 0.923. The van der Waals surface area contributed by atoms with Gasteiger partial charge < -0.3 is 5.32 Å². The highest BCUT2D eigenvalue weighted by molar-refractivity contribution is 8.13. The Labute approximate surface area is 114 Å².